The van der Waals surface area contributed by atoms with Gasteiger partial charge in [-0.3, -0.25) is 9.20 Å². The van der Waals surface area contributed by atoms with Crippen LogP contribution in [0.3, 0.4) is 0 Å². The van der Waals surface area contributed by atoms with Crippen LogP contribution in [0, 0.1) is 0 Å². The third-order valence-corrected chi connectivity index (χ3v) is 6.10. The Morgan fingerprint density at radius 1 is 0.917 bits per heavy atom. The largest absolute Gasteiger partial charge is 0.493 e. The van der Waals surface area contributed by atoms with Crippen molar-refractivity contribution >= 4 is 44.7 Å². The van der Waals surface area contributed by atoms with E-state index in [1.807, 2.05) is 54.6 Å². The molecule has 3 aromatic carbocycles. The molecule has 0 radical (unpaired) electrons. The van der Waals surface area contributed by atoms with Gasteiger partial charge in [-0.25, -0.2) is 14.8 Å². The SMILES string of the molecule is COc1cc2c(=O)[nH]c3c(C(=O)OCc4ccccc4)c4nc5ccccc5nc4n3c2cc1OC. The summed E-state index contributed by atoms with van der Waals surface area (Å²) in [5, 5.41) is 0.344. The van der Waals surface area contributed by atoms with Gasteiger partial charge in [-0.15, -0.1) is 0 Å². The minimum atomic E-state index is -0.619. The van der Waals surface area contributed by atoms with Gasteiger partial charge in [0.25, 0.3) is 5.56 Å². The number of rotatable bonds is 5. The van der Waals surface area contributed by atoms with Gasteiger partial charge in [0, 0.05) is 6.07 Å². The minimum absolute atomic E-state index is 0.0718. The minimum Gasteiger partial charge on any atom is -0.493 e. The van der Waals surface area contributed by atoms with Gasteiger partial charge in [0.1, 0.15) is 23.3 Å². The molecule has 9 heteroatoms. The van der Waals surface area contributed by atoms with E-state index in [-0.39, 0.29) is 17.8 Å². The number of fused-ring (bicyclic) bond motifs is 6. The van der Waals surface area contributed by atoms with Crippen LogP contribution >= 0.6 is 0 Å². The Balaban J connectivity index is 1.68. The number of carbonyl (C=O) groups excluding carboxylic acids is 1. The smallest absolute Gasteiger partial charge is 0.344 e. The van der Waals surface area contributed by atoms with Crippen molar-refractivity contribution in [3.05, 3.63) is 88.2 Å². The Morgan fingerprint density at radius 3 is 2.31 bits per heavy atom. The Morgan fingerprint density at radius 2 is 1.58 bits per heavy atom. The van der Waals surface area contributed by atoms with Crippen molar-refractivity contribution < 1.29 is 19.0 Å². The molecular weight excluding hydrogens is 460 g/mol. The average Bonchev–Trinajstić information content (AvgIpc) is 3.23. The number of para-hydroxylation sites is 2. The summed E-state index contributed by atoms with van der Waals surface area (Å²) in [7, 11) is 3.02. The monoisotopic (exact) mass is 480 g/mol. The lowest BCUT2D eigenvalue weighted by Crippen LogP contribution is -2.13. The second-order valence-electron chi connectivity index (χ2n) is 8.18. The van der Waals surface area contributed by atoms with Gasteiger partial charge in [0.2, 0.25) is 0 Å². The molecule has 0 spiro atoms. The fraction of sp³-hybridized carbons (Fsp3) is 0.111. The topological polar surface area (TPSA) is 108 Å². The van der Waals surface area contributed by atoms with Crippen molar-refractivity contribution in [2.75, 3.05) is 14.2 Å². The molecule has 0 aliphatic carbocycles. The first-order chi connectivity index (χ1) is 17.6. The van der Waals surface area contributed by atoms with Gasteiger partial charge in [0.15, 0.2) is 17.1 Å². The zero-order valence-corrected chi connectivity index (χ0v) is 19.4. The highest BCUT2D eigenvalue weighted by molar-refractivity contribution is 6.11. The van der Waals surface area contributed by atoms with Crippen LogP contribution in [-0.4, -0.2) is 39.5 Å². The van der Waals surface area contributed by atoms with E-state index >= 15 is 0 Å². The molecular formula is C27H20N4O5. The second-order valence-corrected chi connectivity index (χ2v) is 8.18. The molecule has 0 aliphatic heterocycles. The molecule has 0 atom stereocenters. The van der Waals surface area contributed by atoms with Crippen molar-refractivity contribution in [2.24, 2.45) is 0 Å². The van der Waals surface area contributed by atoms with E-state index in [9.17, 15) is 9.59 Å². The molecule has 36 heavy (non-hydrogen) atoms. The number of nitrogens with zero attached hydrogens (tertiary/aromatic N) is 3. The number of hydrogen-bond acceptors (Lipinski definition) is 7. The van der Waals surface area contributed by atoms with Crippen molar-refractivity contribution in [3.8, 4) is 11.5 Å². The van der Waals surface area contributed by atoms with E-state index < -0.39 is 11.5 Å². The fourth-order valence-electron chi connectivity index (χ4n) is 4.40. The number of esters is 1. The first-order valence-corrected chi connectivity index (χ1v) is 11.2. The van der Waals surface area contributed by atoms with Gasteiger partial charge in [-0.1, -0.05) is 42.5 Å². The molecule has 6 aromatic rings. The van der Waals surface area contributed by atoms with E-state index in [1.165, 1.54) is 14.2 Å². The molecule has 0 bridgehead atoms. The quantitative estimate of drug-likeness (QED) is 0.368. The predicted octanol–water partition coefficient (Wildman–Crippen LogP) is 4.25. The van der Waals surface area contributed by atoms with E-state index in [0.717, 1.165) is 5.56 Å². The number of benzene rings is 3. The van der Waals surface area contributed by atoms with Crippen LogP contribution < -0.4 is 15.0 Å². The van der Waals surface area contributed by atoms with Gasteiger partial charge < -0.3 is 19.2 Å². The van der Waals surface area contributed by atoms with Crippen molar-refractivity contribution in [1.29, 1.82) is 0 Å². The van der Waals surface area contributed by atoms with Crippen molar-refractivity contribution in [1.82, 2.24) is 19.4 Å². The highest BCUT2D eigenvalue weighted by Gasteiger charge is 2.26. The summed E-state index contributed by atoms with van der Waals surface area (Å²) < 4.78 is 18.2. The van der Waals surface area contributed by atoms with Crippen LogP contribution in [0.1, 0.15) is 15.9 Å². The van der Waals surface area contributed by atoms with Crippen LogP contribution in [0.5, 0.6) is 11.5 Å². The van der Waals surface area contributed by atoms with Crippen LogP contribution in [-0.2, 0) is 11.3 Å². The average molecular weight is 480 g/mol. The van der Waals surface area contributed by atoms with Gasteiger partial charge in [-0.05, 0) is 23.8 Å². The zero-order valence-electron chi connectivity index (χ0n) is 19.4. The van der Waals surface area contributed by atoms with Crippen LogP contribution in [0.4, 0.5) is 0 Å². The van der Waals surface area contributed by atoms with Crippen molar-refractivity contribution in [3.63, 3.8) is 0 Å². The Kier molecular flexibility index (Phi) is 5.03. The fourth-order valence-corrected chi connectivity index (χ4v) is 4.40. The molecule has 0 aliphatic rings. The number of H-pyrrole nitrogens is 1. The molecule has 0 amide bonds. The summed E-state index contributed by atoms with van der Waals surface area (Å²) in [6.07, 6.45) is 0. The Hall–Kier alpha value is -4.92. The van der Waals surface area contributed by atoms with E-state index in [2.05, 4.69) is 4.98 Å². The van der Waals surface area contributed by atoms with E-state index in [0.29, 0.717) is 44.6 Å². The number of ether oxygens (including phenoxy) is 3. The van der Waals surface area contributed by atoms with Gasteiger partial charge in [-0.2, -0.15) is 0 Å². The van der Waals surface area contributed by atoms with Crippen LogP contribution in [0.25, 0.3) is 38.7 Å². The summed E-state index contributed by atoms with van der Waals surface area (Å²) >= 11 is 0. The Labute approximate surface area is 203 Å². The molecule has 0 unspecified atom stereocenters. The molecule has 1 N–H and O–H groups in total. The third-order valence-electron chi connectivity index (χ3n) is 6.10. The molecule has 3 heterocycles. The lowest BCUT2D eigenvalue weighted by Gasteiger charge is -2.11. The third kappa shape index (κ3) is 3.32. The lowest BCUT2D eigenvalue weighted by atomic mass is 10.2. The zero-order chi connectivity index (χ0) is 24.8. The standard InChI is InChI=1S/C27H20N4O5/c1-34-20-12-16-19(13-21(20)35-2)31-24(30-26(16)32)22(27(33)36-14-15-8-4-3-5-9-15)23-25(31)29-18-11-7-6-10-17(18)28-23/h3-13H,14H2,1-2H3,(H,30,32). The summed E-state index contributed by atoms with van der Waals surface area (Å²) in [4.78, 5) is 39.0. The second kappa shape index (κ2) is 8.38. The molecule has 9 nitrogen and oxygen atoms in total. The first-order valence-electron chi connectivity index (χ1n) is 11.2. The van der Waals surface area contributed by atoms with Crippen LogP contribution in [0.15, 0.2) is 71.5 Å². The maximum absolute atomic E-state index is 13.4. The maximum atomic E-state index is 13.4. The summed E-state index contributed by atoms with van der Waals surface area (Å²) in [5.41, 5.74) is 3.29. The number of carbonyl (C=O) groups is 1. The molecule has 6 rings (SSSR count). The van der Waals surface area contributed by atoms with E-state index in [1.54, 1.807) is 16.5 Å². The number of aromatic amines is 1. The summed E-state index contributed by atoms with van der Waals surface area (Å²) in [5.74, 6) is 0.220. The predicted molar refractivity (Wildman–Crippen MR) is 135 cm³/mol. The molecule has 178 valence electrons. The Bertz CT molecular complexity index is 1860. The van der Waals surface area contributed by atoms with Crippen molar-refractivity contribution in [2.45, 2.75) is 6.61 Å². The number of nitrogens with one attached hydrogen (secondary N) is 1. The summed E-state index contributed by atoms with van der Waals surface area (Å²) in [6, 6.07) is 20.0. The number of aromatic nitrogens is 4. The highest BCUT2D eigenvalue weighted by Crippen LogP contribution is 2.34. The highest BCUT2D eigenvalue weighted by atomic mass is 16.5. The molecule has 0 fully saturated rings. The molecule has 3 aromatic heterocycles. The van der Waals surface area contributed by atoms with Gasteiger partial charge >= 0.3 is 5.97 Å². The summed E-state index contributed by atoms with van der Waals surface area (Å²) in [6.45, 7) is 0.0718. The van der Waals surface area contributed by atoms with Crippen LogP contribution in [0.2, 0.25) is 0 Å². The molecule has 0 saturated heterocycles. The molecule has 0 saturated carbocycles. The first kappa shape index (κ1) is 21.6. The lowest BCUT2D eigenvalue weighted by molar-refractivity contribution is 0.0477. The number of methoxy groups -OCH3 is 2. The maximum Gasteiger partial charge on any atom is 0.344 e. The van der Waals surface area contributed by atoms with Gasteiger partial charge in [0.05, 0.1) is 36.2 Å². The normalized spacial score (nSPS) is 11.4. The van der Waals surface area contributed by atoms with E-state index in [4.69, 9.17) is 24.2 Å². The number of hydrogen-bond donors (Lipinski definition) is 1.